The number of hydrogen-bond acceptors (Lipinski definition) is 6. The first kappa shape index (κ1) is 28.6. The molecule has 8 heteroatoms. The summed E-state index contributed by atoms with van der Waals surface area (Å²) in [5, 5.41) is 11.0. The van der Waals surface area contributed by atoms with Crippen molar-refractivity contribution in [2.45, 2.75) is 79.5 Å². The number of carbonyl (C=O) groups excluding carboxylic acids is 1. The van der Waals surface area contributed by atoms with Crippen LogP contribution in [-0.2, 0) is 19.7 Å². The van der Waals surface area contributed by atoms with Gasteiger partial charge >= 0.3 is 0 Å². The zero-order valence-corrected chi connectivity index (χ0v) is 23.6. The van der Waals surface area contributed by atoms with Gasteiger partial charge in [-0.2, -0.15) is 0 Å². The fourth-order valence-electron chi connectivity index (χ4n) is 5.25. The van der Waals surface area contributed by atoms with Gasteiger partial charge in [0, 0.05) is 11.1 Å². The lowest BCUT2D eigenvalue weighted by Crippen LogP contribution is -2.06. The molecule has 0 aromatic heterocycles. The number of benzene rings is 2. The summed E-state index contributed by atoms with van der Waals surface area (Å²) in [4.78, 5) is 12.7. The van der Waals surface area contributed by atoms with E-state index in [-0.39, 0.29) is 44.6 Å². The Bertz CT molecular complexity index is 1750. The molecule has 0 amide bonds. The lowest BCUT2D eigenvalue weighted by Gasteiger charge is -2.15. The molecule has 37 heavy (non-hydrogen) atoms. The van der Waals surface area contributed by atoms with Crippen molar-refractivity contribution in [1.29, 1.82) is 0 Å². The highest BCUT2D eigenvalue weighted by atomic mass is 32.2. The van der Waals surface area contributed by atoms with Gasteiger partial charge in [-0.1, -0.05) is 7.43 Å². The third kappa shape index (κ3) is 3.67. The maximum absolute atomic E-state index is 13.5. The monoisotopic (exact) mass is 542 g/mol. The van der Waals surface area contributed by atoms with Crippen molar-refractivity contribution in [1.82, 2.24) is 0 Å². The summed E-state index contributed by atoms with van der Waals surface area (Å²) in [6, 6.07) is 0. The van der Waals surface area contributed by atoms with Crippen molar-refractivity contribution < 1.29 is 26.7 Å². The molecule has 4 rings (SSSR count). The summed E-state index contributed by atoms with van der Waals surface area (Å²) < 4.78 is 53.8. The quantitative estimate of drug-likeness (QED) is 0.446. The number of rotatable bonds is 2. The van der Waals surface area contributed by atoms with Crippen LogP contribution in [0, 0.1) is 55.4 Å². The first-order valence-electron chi connectivity index (χ1n) is 11.6. The van der Waals surface area contributed by atoms with E-state index in [1.54, 1.807) is 27.7 Å². The Morgan fingerprint density at radius 1 is 0.649 bits per heavy atom. The third-order valence-electron chi connectivity index (χ3n) is 8.02. The molecule has 0 radical (unpaired) electrons. The Kier molecular flexibility index (Phi) is 6.81. The Labute approximate surface area is 220 Å². The Morgan fingerprint density at radius 2 is 1.05 bits per heavy atom. The molecule has 0 bridgehead atoms. The maximum Gasteiger partial charge on any atom is 0.211 e. The lowest BCUT2D eigenvalue weighted by molar-refractivity contribution is 0.104. The van der Waals surface area contributed by atoms with Crippen LogP contribution in [0.5, 0.6) is 0 Å². The van der Waals surface area contributed by atoms with Crippen LogP contribution < -0.4 is 0 Å². The minimum Gasteiger partial charge on any atom is -0.506 e. The third-order valence-corrected chi connectivity index (χ3v) is 11.9. The molecule has 2 aliphatic rings. The van der Waals surface area contributed by atoms with E-state index in [1.165, 1.54) is 19.1 Å². The highest BCUT2D eigenvalue weighted by Gasteiger charge is 2.43. The van der Waals surface area contributed by atoms with E-state index in [0.29, 0.717) is 22.3 Å². The molecule has 0 saturated heterocycles. The summed E-state index contributed by atoms with van der Waals surface area (Å²) in [5.41, 5.74) is 6.49. The number of allylic oxidation sites excluding steroid dienone is 4. The van der Waals surface area contributed by atoms with Gasteiger partial charge in [-0.3, -0.25) is 4.79 Å². The van der Waals surface area contributed by atoms with Crippen molar-refractivity contribution in [3.05, 3.63) is 83.2 Å². The SMILES string of the molecule is C.CC(/C=C1/C(=O)c2c(C)c(C)c(C)c(C)c2S1(=O)=O)=C\C1=C(O)c2c(C)c(C)c(C)c(C)c2S1(=O)=O. The lowest BCUT2D eigenvalue weighted by atomic mass is 9.92. The topological polar surface area (TPSA) is 106 Å². The summed E-state index contributed by atoms with van der Waals surface area (Å²) in [7, 11) is -8.14. The average molecular weight is 543 g/mol. The molecule has 0 atom stereocenters. The molecule has 2 aliphatic heterocycles. The summed E-state index contributed by atoms with van der Waals surface area (Å²) >= 11 is 0. The molecular weight excluding hydrogens is 508 g/mol. The smallest absolute Gasteiger partial charge is 0.211 e. The molecule has 0 fully saturated rings. The molecule has 198 valence electrons. The van der Waals surface area contributed by atoms with Gasteiger partial charge in [0.2, 0.25) is 25.5 Å². The van der Waals surface area contributed by atoms with Gasteiger partial charge in [0.1, 0.15) is 15.6 Å². The summed E-state index contributed by atoms with van der Waals surface area (Å²) in [6.07, 6.45) is 2.44. The molecular formula is C29H34O6S2. The Morgan fingerprint density at radius 3 is 1.54 bits per heavy atom. The largest absolute Gasteiger partial charge is 0.506 e. The molecule has 1 N–H and O–H groups in total. The zero-order valence-electron chi connectivity index (χ0n) is 22.0. The minimum absolute atomic E-state index is 0. The highest BCUT2D eigenvalue weighted by molar-refractivity contribution is 7.97. The summed E-state index contributed by atoms with van der Waals surface area (Å²) in [6.45, 7) is 15.8. The standard InChI is InChI=1S/C28H30O6S2.CH4/c1-12(10-21-25(29)23-17(6)13(2)15(4)19(8)27(23)35(21,31)32)11-22-26(30)24-18(7)14(3)16(5)20(9)28(24)36(22,33)34;/h10-11,29H,1-9H3;1H4/b12-10+,22-11-;. The van der Waals surface area contributed by atoms with Crippen LogP contribution in [0.4, 0.5) is 0 Å². The van der Waals surface area contributed by atoms with Crippen LogP contribution in [0.1, 0.15) is 74.8 Å². The number of ketones is 1. The van der Waals surface area contributed by atoms with E-state index < -0.39 is 30.4 Å². The minimum atomic E-state index is -4.09. The van der Waals surface area contributed by atoms with E-state index >= 15 is 0 Å². The van der Waals surface area contributed by atoms with Gasteiger partial charge in [-0.15, -0.1) is 0 Å². The second-order valence-electron chi connectivity index (χ2n) is 9.85. The van der Waals surface area contributed by atoms with Crippen LogP contribution in [-0.4, -0.2) is 27.7 Å². The van der Waals surface area contributed by atoms with Crippen molar-refractivity contribution in [2.75, 3.05) is 0 Å². The Hall–Kier alpha value is -2.97. The predicted octanol–water partition coefficient (Wildman–Crippen LogP) is 6.30. The molecule has 2 heterocycles. The second kappa shape index (κ2) is 8.81. The van der Waals surface area contributed by atoms with Gasteiger partial charge in [0.25, 0.3) is 0 Å². The van der Waals surface area contributed by atoms with Crippen molar-refractivity contribution in [3.8, 4) is 0 Å². The van der Waals surface area contributed by atoms with Gasteiger partial charge in [-0.05, 0) is 125 Å². The van der Waals surface area contributed by atoms with E-state index in [1.807, 2.05) is 27.7 Å². The van der Waals surface area contributed by atoms with Crippen molar-refractivity contribution in [3.63, 3.8) is 0 Å². The predicted molar refractivity (Wildman–Crippen MR) is 148 cm³/mol. The first-order valence-corrected chi connectivity index (χ1v) is 14.5. The Balaban J connectivity index is 0.00000380. The number of sulfone groups is 2. The number of aliphatic hydroxyl groups is 1. The molecule has 0 aliphatic carbocycles. The molecule has 0 saturated carbocycles. The van der Waals surface area contributed by atoms with Crippen LogP contribution in [0.15, 0.2) is 37.3 Å². The van der Waals surface area contributed by atoms with Gasteiger partial charge in [0.15, 0.2) is 0 Å². The second-order valence-corrected chi connectivity index (χ2v) is 13.6. The number of hydrogen-bond donors (Lipinski definition) is 1. The highest BCUT2D eigenvalue weighted by Crippen LogP contribution is 2.45. The van der Waals surface area contributed by atoms with Crippen LogP contribution in [0.2, 0.25) is 0 Å². The fraction of sp³-hybridized carbons (Fsp3) is 0.345. The zero-order chi connectivity index (χ0) is 27.2. The van der Waals surface area contributed by atoms with Gasteiger partial charge < -0.3 is 5.11 Å². The molecule has 2 aromatic carbocycles. The number of Topliss-reactive ketones (excluding diaryl/α,β-unsaturated/α-hetero) is 1. The van der Waals surface area contributed by atoms with E-state index in [2.05, 4.69) is 0 Å². The number of carbonyl (C=O) groups is 1. The number of aliphatic hydroxyl groups excluding tert-OH is 1. The fourth-order valence-corrected chi connectivity index (χ4v) is 9.22. The van der Waals surface area contributed by atoms with Crippen LogP contribution in [0.25, 0.3) is 5.76 Å². The van der Waals surface area contributed by atoms with E-state index in [9.17, 15) is 26.7 Å². The molecule has 0 unspecified atom stereocenters. The first-order chi connectivity index (χ1) is 16.5. The average Bonchev–Trinajstić information content (AvgIpc) is 3.12. The van der Waals surface area contributed by atoms with E-state index in [4.69, 9.17) is 0 Å². The molecule has 0 spiro atoms. The summed E-state index contributed by atoms with van der Waals surface area (Å²) in [5.74, 6) is -0.969. The van der Waals surface area contributed by atoms with E-state index in [0.717, 1.165) is 22.3 Å². The van der Waals surface area contributed by atoms with Crippen LogP contribution >= 0.6 is 0 Å². The van der Waals surface area contributed by atoms with Crippen molar-refractivity contribution in [2.24, 2.45) is 0 Å². The van der Waals surface area contributed by atoms with Crippen LogP contribution in [0.3, 0.4) is 0 Å². The number of fused-ring (bicyclic) bond motifs is 2. The molecule has 6 nitrogen and oxygen atoms in total. The van der Waals surface area contributed by atoms with Gasteiger partial charge in [0.05, 0.1) is 9.79 Å². The normalized spacial score (nSPS) is 18.8. The molecule has 2 aromatic rings. The van der Waals surface area contributed by atoms with Gasteiger partial charge in [-0.25, -0.2) is 16.8 Å². The van der Waals surface area contributed by atoms with Crippen molar-refractivity contribution >= 4 is 31.2 Å². The maximum atomic E-state index is 13.5.